The molecule has 1 rings (SSSR count). The molecule has 0 bridgehead atoms. The van der Waals surface area contributed by atoms with Crippen molar-refractivity contribution in [2.45, 2.75) is 60.3 Å². The normalized spacial score (nSPS) is 10.7. The van der Waals surface area contributed by atoms with Gasteiger partial charge in [0.05, 0.1) is 0 Å². The zero-order valence-electron chi connectivity index (χ0n) is 16.6. The molecule has 0 heteroatoms. The maximum absolute atomic E-state index is 3.86. The Kier molecular flexibility index (Phi) is 17.8. The monoisotopic (exact) mass is 326 g/mol. The van der Waals surface area contributed by atoms with Crippen LogP contribution in [0.15, 0.2) is 68.3 Å². The lowest BCUT2D eigenvalue weighted by Gasteiger charge is -2.07. The predicted octanol–water partition coefficient (Wildman–Crippen LogP) is 8.03. The third-order valence-corrected chi connectivity index (χ3v) is 3.24. The lowest BCUT2D eigenvalue weighted by molar-refractivity contribution is 0.827. The molecule has 0 atom stereocenters. The molecule has 0 spiro atoms. The Labute approximate surface area is 151 Å². The van der Waals surface area contributed by atoms with Gasteiger partial charge in [0, 0.05) is 0 Å². The Morgan fingerprint density at radius 2 is 1.67 bits per heavy atom. The second-order valence-corrected chi connectivity index (χ2v) is 5.58. The van der Waals surface area contributed by atoms with Gasteiger partial charge in [-0.2, -0.15) is 0 Å². The number of benzene rings is 1. The molecule has 1 aromatic carbocycles. The molecule has 1 aromatic rings. The molecule has 0 aliphatic carbocycles. The quantitative estimate of drug-likeness (QED) is 0.424. The third-order valence-electron chi connectivity index (χ3n) is 3.24. The molecule has 134 valence electrons. The first-order valence-electron chi connectivity index (χ1n) is 9.23. The van der Waals surface area contributed by atoms with E-state index in [0.717, 1.165) is 19.3 Å². The highest BCUT2D eigenvalue weighted by Gasteiger charge is 2.00. The van der Waals surface area contributed by atoms with Gasteiger partial charge in [0.1, 0.15) is 0 Å². The Hall–Kier alpha value is -1.82. The average molecular weight is 327 g/mol. The molecule has 0 aromatic heterocycles. The largest absolute Gasteiger partial charge is 0.106 e. The fraction of sp³-hybridized carbons (Fsp3) is 0.417. The van der Waals surface area contributed by atoms with Gasteiger partial charge in [0.15, 0.2) is 0 Å². The molecule has 0 saturated heterocycles. The van der Waals surface area contributed by atoms with Crippen LogP contribution in [0.25, 0.3) is 5.57 Å². The lowest BCUT2D eigenvalue weighted by atomic mass is 9.99. The van der Waals surface area contributed by atoms with Crippen molar-refractivity contribution >= 4 is 5.57 Å². The first-order valence-corrected chi connectivity index (χ1v) is 9.23. The molecule has 0 radical (unpaired) electrons. The average Bonchev–Trinajstić information content (AvgIpc) is 2.62. The van der Waals surface area contributed by atoms with Crippen molar-refractivity contribution in [1.82, 2.24) is 0 Å². The van der Waals surface area contributed by atoms with E-state index in [4.69, 9.17) is 0 Å². The van der Waals surface area contributed by atoms with Gasteiger partial charge in [-0.05, 0) is 41.9 Å². The van der Waals surface area contributed by atoms with Crippen molar-refractivity contribution in [2.75, 3.05) is 0 Å². The zero-order valence-corrected chi connectivity index (χ0v) is 16.6. The van der Waals surface area contributed by atoms with Gasteiger partial charge in [0.2, 0.25) is 0 Å². The molecule has 0 N–H and O–H groups in total. The number of rotatable bonds is 8. The van der Waals surface area contributed by atoms with Crippen LogP contribution in [0.5, 0.6) is 0 Å². The maximum Gasteiger partial charge on any atom is -0.00973 e. The van der Waals surface area contributed by atoms with Crippen LogP contribution in [0.3, 0.4) is 0 Å². The van der Waals surface area contributed by atoms with Crippen LogP contribution in [-0.2, 0) is 6.42 Å². The van der Waals surface area contributed by atoms with Crippen LogP contribution in [-0.4, -0.2) is 0 Å². The first kappa shape index (κ1) is 24.4. The van der Waals surface area contributed by atoms with E-state index in [-0.39, 0.29) is 0 Å². The molecule has 0 unspecified atom stereocenters. The molecule has 0 saturated carbocycles. The first-order chi connectivity index (χ1) is 11.7. The number of unbranched alkanes of at least 4 members (excludes halogenated alkanes) is 1. The summed E-state index contributed by atoms with van der Waals surface area (Å²) in [5, 5.41) is 0. The molecule has 0 amide bonds. The van der Waals surface area contributed by atoms with E-state index < -0.39 is 0 Å². The summed E-state index contributed by atoms with van der Waals surface area (Å²) in [4.78, 5) is 0. The number of hydrogen-bond acceptors (Lipinski definition) is 0. The van der Waals surface area contributed by atoms with Crippen LogP contribution in [0, 0.1) is 5.92 Å². The highest BCUT2D eigenvalue weighted by molar-refractivity contribution is 5.66. The van der Waals surface area contributed by atoms with Crippen molar-refractivity contribution in [1.29, 1.82) is 0 Å². The predicted molar refractivity (Wildman–Crippen MR) is 114 cm³/mol. The van der Waals surface area contributed by atoms with Gasteiger partial charge in [0.25, 0.3) is 0 Å². The highest BCUT2D eigenvalue weighted by Crippen LogP contribution is 2.20. The van der Waals surface area contributed by atoms with Crippen LogP contribution >= 0.6 is 0 Å². The minimum absolute atomic E-state index is 0.630. The number of allylic oxidation sites excluding steroid dienone is 5. The van der Waals surface area contributed by atoms with Gasteiger partial charge in [-0.3, -0.25) is 0 Å². The van der Waals surface area contributed by atoms with Crippen LogP contribution < -0.4 is 0 Å². The molecule has 0 nitrogen and oxygen atoms in total. The minimum atomic E-state index is 0.630. The Balaban J connectivity index is 0. The van der Waals surface area contributed by atoms with Gasteiger partial charge < -0.3 is 0 Å². The van der Waals surface area contributed by atoms with Crippen LogP contribution in [0.1, 0.15) is 65.0 Å². The summed E-state index contributed by atoms with van der Waals surface area (Å²) in [5.41, 5.74) is 4.10. The molecule has 0 aliphatic heterocycles. The van der Waals surface area contributed by atoms with Crippen molar-refractivity contribution in [3.05, 3.63) is 79.4 Å². The summed E-state index contributed by atoms with van der Waals surface area (Å²) in [5.74, 6) is 0.630. The molecule has 0 heterocycles. The summed E-state index contributed by atoms with van der Waals surface area (Å²) < 4.78 is 0. The van der Waals surface area contributed by atoms with Crippen LogP contribution in [0.4, 0.5) is 0 Å². The fourth-order valence-electron chi connectivity index (χ4n) is 2.12. The molecular formula is C24H38. The molecule has 24 heavy (non-hydrogen) atoms. The summed E-state index contributed by atoms with van der Waals surface area (Å²) >= 11 is 0. The van der Waals surface area contributed by atoms with Gasteiger partial charge >= 0.3 is 0 Å². The lowest BCUT2D eigenvalue weighted by Crippen LogP contribution is -1.87. The second-order valence-electron chi connectivity index (χ2n) is 5.58. The van der Waals surface area contributed by atoms with Gasteiger partial charge in [-0.1, -0.05) is 89.6 Å². The van der Waals surface area contributed by atoms with E-state index >= 15 is 0 Å². The molecule has 0 fully saturated rings. The Bertz CT molecular complexity index is 457. The van der Waals surface area contributed by atoms with E-state index in [2.05, 4.69) is 83.0 Å². The van der Waals surface area contributed by atoms with Crippen molar-refractivity contribution in [3.8, 4) is 0 Å². The van der Waals surface area contributed by atoms with Crippen LogP contribution in [0.2, 0.25) is 0 Å². The fourth-order valence-corrected chi connectivity index (χ4v) is 2.12. The summed E-state index contributed by atoms with van der Waals surface area (Å²) in [7, 11) is 0. The molecular weight excluding hydrogens is 288 g/mol. The van der Waals surface area contributed by atoms with Crippen molar-refractivity contribution in [2.24, 2.45) is 5.92 Å². The smallest absolute Gasteiger partial charge is 0.00973 e. The Morgan fingerprint density at radius 3 is 2.12 bits per heavy atom. The summed E-state index contributed by atoms with van der Waals surface area (Å²) in [6.07, 6.45) is 13.2. The van der Waals surface area contributed by atoms with Crippen molar-refractivity contribution in [3.63, 3.8) is 0 Å². The maximum atomic E-state index is 3.86. The highest BCUT2D eigenvalue weighted by atomic mass is 14.0. The van der Waals surface area contributed by atoms with Gasteiger partial charge in [-0.25, -0.2) is 0 Å². The second kappa shape index (κ2) is 17.5. The topological polar surface area (TPSA) is 0 Å². The standard InChI is InChI=1S/C20H28.C2H6.C2H4/c1-5-7-12-19(9-6-2)20-15-13-18(14-16-20)11-8-10-17(3)4;2*1-2/h6,8,10,12-17H,2,5,7,9,11H2,1,3-4H3;1-2H3;1-2H2/b10-8-,19-12+;;. The van der Waals surface area contributed by atoms with E-state index in [1.807, 2.05) is 19.9 Å². The summed E-state index contributed by atoms with van der Waals surface area (Å²) in [6, 6.07) is 8.96. The minimum Gasteiger partial charge on any atom is -0.106 e. The molecule has 0 aliphatic rings. The third kappa shape index (κ3) is 11.7. The van der Waals surface area contributed by atoms with E-state index in [1.165, 1.54) is 23.1 Å². The summed E-state index contributed by atoms with van der Waals surface area (Å²) in [6.45, 7) is 20.5. The zero-order chi connectivity index (χ0) is 18.8. The van der Waals surface area contributed by atoms with Gasteiger partial charge in [-0.15, -0.1) is 19.7 Å². The Morgan fingerprint density at radius 1 is 1.08 bits per heavy atom. The van der Waals surface area contributed by atoms with E-state index in [1.54, 1.807) is 0 Å². The number of hydrogen-bond donors (Lipinski definition) is 0. The van der Waals surface area contributed by atoms with Crippen molar-refractivity contribution < 1.29 is 0 Å². The van der Waals surface area contributed by atoms with E-state index in [0.29, 0.717) is 5.92 Å². The SMILES string of the molecule is C=C.C=CC/C(=C\CCC)c1ccc(C/C=C\C(C)C)cc1.CC. The van der Waals surface area contributed by atoms with E-state index in [9.17, 15) is 0 Å².